The molecule has 1 aromatic carbocycles. The van der Waals surface area contributed by atoms with E-state index in [-0.39, 0.29) is 31.6 Å². The number of benzene rings is 1. The van der Waals surface area contributed by atoms with Crippen LogP contribution in [0.1, 0.15) is 13.8 Å². The average Bonchev–Trinajstić information content (AvgIpc) is 2.91. The van der Waals surface area contributed by atoms with Crippen LogP contribution in [0.15, 0.2) is 18.2 Å². The van der Waals surface area contributed by atoms with E-state index in [0.29, 0.717) is 11.4 Å². The Hall–Kier alpha value is -2.38. The maximum absolute atomic E-state index is 14.4. The van der Waals surface area contributed by atoms with Crippen molar-refractivity contribution in [1.82, 2.24) is 5.32 Å². The molecule has 2 heterocycles. The third kappa shape index (κ3) is 3.00. The topological polar surface area (TPSA) is 61.9 Å². The van der Waals surface area contributed by atoms with Gasteiger partial charge in [0, 0.05) is 6.92 Å². The minimum Gasteiger partial charge on any atom is -0.442 e. The summed E-state index contributed by atoms with van der Waals surface area (Å²) in [5.74, 6) is -0.723. The van der Waals surface area contributed by atoms with Crippen LogP contribution in [0.5, 0.6) is 0 Å². The van der Waals surface area contributed by atoms with Gasteiger partial charge >= 0.3 is 6.09 Å². The number of hydrogen-bond donors (Lipinski definition) is 1. The molecule has 3 atom stereocenters. The number of nitrogens with zero attached hydrogens (tertiary/aromatic N) is 2. The normalized spacial score (nSPS) is 26.2. The van der Waals surface area contributed by atoms with Gasteiger partial charge in [0.05, 0.1) is 37.1 Å². The number of ether oxygens (including phenoxy) is 1. The fourth-order valence-electron chi connectivity index (χ4n) is 2.87. The highest BCUT2D eigenvalue weighted by Crippen LogP contribution is 2.33. The maximum Gasteiger partial charge on any atom is 0.414 e. The highest BCUT2D eigenvalue weighted by atomic mass is 19.1. The van der Waals surface area contributed by atoms with E-state index in [1.807, 2.05) is 0 Å². The van der Waals surface area contributed by atoms with Crippen molar-refractivity contribution in [3.8, 4) is 0 Å². The number of carbonyl (C=O) groups excluding carboxylic acids is 2. The molecule has 0 radical (unpaired) electrons. The van der Waals surface area contributed by atoms with Crippen LogP contribution >= 0.6 is 0 Å². The molecule has 8 heteroatoms. The molecule has 2 amide bonds. The van der Waals surface area contributed by atoms with Crippen molar-refractivity contribution < 1.29 is 23.1 Å². The van der Waals surface area contributed by atoms with Gasteiger partial charge in [-0.15, -0.1) is 0 Å². The molecule has 2 aliphatic heterocycles. The first-order valence-corrected chi connectivity index (χ1v) is 7.79. The molecule has 3 rings (SSSR count). The van der Waals surface area contributed by atoms with Crippen molar-refractivity contribution in [2.75, 3.05) is 29.4 Å². The van der Waals surface area contributed by atoms with Crippen molar-refractivity contribution in [3.63, 3.8) is 0 Å². The molecule has 6 nitrogen and oxygen atoms in total. The van der Waals surface area contributed by atoms with E-state index >= 15 is 0 Å². The number of alkyl halides is 1. The number of hydrogen-bond acceptors (Lipinski definition) is 4. The predicted octanol–water partition coefficient (Wildman–Crippen LogP) is 1.83. The van der Waals surface area contributed by atoms with Gasteiger partial charge in [0.25, 0.3) is 0 Å². The Morgan fingerprint density at radius 3 is 2.75 bits per heavy atom. The first-order valence-electron chi connectivity index (χ1n) is 7.79. The van der Waals surface area contributed by atoms with Crippen molar-refractivity contribution in [3.05, 3.63) is 24.0 Å². The zero-order valence-electron chi connectivity index (χ0n) is 13.5. The van der Waals surface area contributed by atoms with Gasteiger partial charge in [0.15, 0.2) is 0 Å². The Bertz CT molecular complexity index is 670. The summed E-state index contributed by atoms with van der Waals surface area (Å²) in [7, 11) is 0. The molecule has 0 saturated carbocycles. The summed E-state index contributed by atoms with van der Waals surface area (Å²) in [6.07, 6.45) is -2.02. The maximum atomic E-state index is 14.4. The van der Waals surface area contributed by atoms with Crippen LogP contribution < -0.4 is 15.1 Å². The quantitative estimate of drug-likeness (QED) is 0.909. The Labute approximate surface area is 138 Å². The minimum atomic E-state index is -0.952. The van der Waals surface area contributed by atoms with E-state index in [1.165, 1.54) is 17.9 Å². The van der Waals surface area contributed by atoms with Crippen LogP contribution in [-0.2, 0) is 9.53 Å². The Balaban J connectivity index is 1.70. The third-order valence-corrected chi connectivity index (χ3v) is 4.39. The van der Waals surface area contributed by atoms with E-state index in [9.17, 15) is 18.4 Å². The average molecular weight is 339 g/mol. The molecule has 24 heavy (non-hydrogen) atoms. The van der Waals surface area contributed by atoms with Gasteiger partial charge in [0.1, 0.15) is 18.1 Å². The van der Waals surface area contributed by atoms with Gasteiger partial charge in [-0.2, -0.15) is 0 Å². The number of carbonyl (C=O) groups is 2. The SMILES string of the molecule is CC(=O)NC[C@H]1CN(c2ccc(N3CC(F)[C@@H]3C)c(F)c2)C(=O)O1. The summed E-state index contributed by atoms with van der Waals surface area (Å²) >= 11 is 0. The second-order valence-electron chi connectivity index (χ2n) is 6.10. The molecule has 0 spiro atoms. The molecule has 2 aliphatic rings. The minimum absolute atomic E-state index is 0.169. The van der Waals surface area contributed by atoms with E-state index in [1.54, 1.807) is 24.0 Å². The number of halogens is 2. The standard InChI is InChI=1S/C16H19F2N3O3/c1-9-14(18)8-20(9)15-4-3-11(5-13(15)17)21-7-12(24-16(21)23)6-19-10(2)22/h3-5,9,12,14H,6-8H2,1-2H3,(H,19,22)/t9-,12-,14?/m0/s1. The second-order valence-corrected chi connectivity index (χ2v) is 6.10. The Morgan fingerprint density at radius 2 is 2.17 bits per heavy atom. The van der Waals surface area contributed by atoms with Gasteiger partial charge in [0.2, 0.25) is 5.91 Å². The smallest absolute Gasteiger partial charge is 0.414 e. The second kappa shape index (κ2) is 6.26. The molecule has 1 N–H and O–H groups in total. The van der Waals surface area contributed by atoms with Gasteiger partial charge in [-0.3, -0.25) is 9.69 Å². The zero-order chi connectivity index (χ0) is 17.4. The number of anilines is 2. The van der Waals surface area contributed by atoms with E-state index in [0.717, 1.165) is 0 Å². The molecule has 2 fully saturated rings. The van der Waals surface area contributed by atoms with Crippen LogP contribution in [-0.4, -0.2) is 50.0 Å². The third-order valence-electron chi connectivity index (χ3n) is 4.39. The molecular formula is C16H19F2N3O3. The van der Waals surface area contributed by atoms with Crippen molar-refractivity contribution in [1.29, 1.82) is 0 Å². The summed E-state index contributed by atoms with van der Waals surface area (Å²) in [5, 5.41) is 2.58. The first kappa shape index (κ1) is 16.5. The number of nitrogens with one attached hydrogen (secondary N) is 1. The monoisotopic (exact) mass is 339 g/mol. The largest absolute Gasteiger partial charge is 0.442 e. The molecule has 0 bridgehead atoms. The van der Waals surface area contributed by atoms with Crippen LogP contribution in [0.2, 0.25) is 0 Å². The van der Waals surface area contributed by atoms with E-state index < -0.39 is 24.2 Å². The summed E-state index contributed by atoms with van der Waals surface area (Å²) in [5.41, 5.74) is 0.694. The predicted molar refractivity (Wildman–Crippen MR) is 84.4 cm³/mol. The van der Waals surface area contributed by atoms with Gasteiger partial charge in [-0.25, -0.2) is 13.6 Å². The molecule has 0 aromatic heterocycles. The zero-order valence-corrected chi connectivity index (χ0v) is 13.5. The molecule has 1 aromatic rings. The number of amides is 2. The van der Waals surface area contributed by atoms with Crippen LogP contribution in [0, 0.1) is 5.82 Å². The van der Waals surface area contributed by atoms with Gasteiger partial charge < -0.3 is 15.0 Å². The van der Waals surface area contributed by atoms with Crippen molar-refractivity contribution in [2.24, 2.45) is 0 Å². The van der Waals surface area contributed by atoms with E-state index in [4.69, 9.17) is 4.74 Å². The summed E-state index contributed by atoms with van der Waals surface area (Å²) in [4.78, 5) is 25.8. The number of rotatable bonds is 4. The summed E-state index contributed by atoms with van der Waals surface area (Å²) in [6.45, 7) is 3.68. The first-order chi connectivity index (χ1) is 11.4. The van der Waals surface area contributed by atoms with Crippen molar-refractivity contribution in [2.45, 2.75) is 32.2 Å². The lowest BCUT2D eigenvalue weighted by Crippen LogP contribution is -2.56. The summed E-state index contributed by atoms with van der Waals surface area (Å²) < 4.78 is 32.8. The highest BCUT2D eigenvalue weighted by Gasteiger charge is 2.37. The van der Waals surface area contributed by atoms with Gasteiger partial charge in [-0.05, 0) is 25.1 Å². The lowest BCUT2D eigenvalue weighted by atomic mass is 10.0. The molecular weight excluding hydrogens is 320 g/mol. The molecule has 0 aliphatic carbocycles. The molecule has 130 valence electrons. The number of cyclic esters (lactones) is 1. The summed E-state index contributed by atoms with van der Waals surface area (Å²) in [6, 6.07) is 4.04. The van der Waals surface area contributed by atoms with Crippen molar-refractivity contribution >= 4 is 23.4 Å². The van der Waals surface area contributed by atoms with E-state index in [2.05, 4.69) is 5.32 Å². The van der Waals surface area contributed by atoms with Crippen LogP contribution in [0.4, 0.5) is 25.0 Å². The van der Waals surface area contributed by atoms with Crippen LogP contribution in [0.25, 0.3) is 0 Å². The molecule has 1 unspecified atom stereocenters. The fraction of sp³-hybridized carbons (Fsp3) is 0.500. The fourth-order valence-corrected chi connectivity index (χ4v) is 2.87. The van der Waals surface area contributed by atoms with Crippen LogP contribution in [0.3, 0.4) is 0 Å². The molecule has 2 saturated heterocycles. The lowest BCUT2D eigenvalue weighted by Gasteiger charge is -2.43. The highest BCUT2D eigenvalue weighted by molar-refractivity contribution is 5.90. The Kier molecular flexibility index (Phi) is 4.29. The lowest BCUT2D eigenvalue weighted by molar-refractivity contribution is -0.119. The van der Waals surface area contributed by atoms with Gasteiger partial charge in [-0.1, -0.05) is 0 Å². The Morgan fingerprint density at radius 1 is 1.42 bits per heavy atom.